The molecule has 1 aliphatic heterocycles. The van der Waals surface area contributed by atoms with Crippen LogP contribution < -0.4 is 5.73 Å². The van der Waals surface area contributed by atoms with Crippen molar-refractivity contribution in [1.82, 2.24) is 0 Å². The zero-order valence-corrected chi connectivity index (χ0v) is 9.21. The monoisotopic (exact) mass is 199 g/mol. The fourth-order valence-corrected chi connectivity index (χ4v) is 1.64. The fraction of sp³-hybridized carbons (Fsp3) is 0.909. The molecule has 2 N–H and O–H groups in total. The molecule has 3 nitrogen and oxygen atoms in total. The Balaban J connectivity index is 2.39. The third-order valence-electron chi connectivity index (χ3n) is 3.19. The van der Waals surface area contributed by atoms with E-state index in [2.05, 4.69) is 0 Å². The largest absolute Gasteiger partial charge is 0.381 e. The van der Waals surface area contributed by atoms with Gasteiger partial charge in [0.1, 0.15) is 0 Å². The number of ketones is 1. The van der Waals surface area contributed by atoms with Gasteiger partial charge in [0.15, 0.2) is 5.78 Å². The summed E-state index contributed by atoms with van der Waals surface area (Å²) < 4.78 is 5.25. The van der Waals surface area contributed by atoms with E-state index in [1.165, 1.54) is 0 Å². The number of rotatable bonds is 4. The van der Waals surface area contributed by atoms with Gasteiger partial charge in [-0.25, -0.2) is 0 Å². The van der Waals surface area contributed by atoms with Crippen molar-refractivity contribution < 1.29 is 9.53 Å². The molecule has 1 heterocycles. The first kappa shape index (κ1) is 11.7. The minimum absolute atomic E-state index is 0.201. The Labute approximate surface area is 86.0 Å². The van der Waals surface area contributed by atoms with Crippen LogP contribution in [0.4, 0.5) is 0 Å². The highest BCUT2D eigenvalue weighted by atomic mass is 16.5. The summed E-state index contributed by atoms with van der Waals surface area (Å²) in [7, 11) is 0. The van der Waals surface area contributed by atoms with Crippen LogP contribution in [-0.2, 0) is 9.53 Å². The van der Waals surface area contributed by atoms with E-state index in [4.69, 9.17) is 10.5 Å². The average molecular weight is 199 g/mol. The number of hydrogen-bond acceptors (Lipinski definition) is 3. The van der Waals surface area contributed by atoms with Crippen LogP contribution in [0.25, 0.3) is 0 Å². The molecule has 0 bridgehead atoms. The minimum Gasteiger partial charge on any atom is -0.381 e. The molecule has 1 atom stereocenters. The third-order valence-corrected chi connectivity index (χ3v) is 3.19. The number of nitrogens with two attached hydrogens (primary N) is 1. The van der Waals surface area contributed by atoms with E-state index in [1.807, 2.05) is 13.8 Å². The molecule has 1 saturated heterocycles. The highest BCUT2D eigenvalue weighted by Crippen LogP contribution is 2.22. The zero-order chi connectivity index (χ0) is 10.6. The standard InChI is InChI=1S/C11H21NO2/c1-3-11(2,12)10(13)8-9-4-6-14-7-5-9/h9H,3-8,12H2,1-2H3. The van der Waals surface area contributed by atoms with Crippen molar-refractivity contribution in [2.75, 3.05) is 13.2 Å². The van der Waals surface area contributed by atoms with Crippen molar-refractivity contribution in [2.45, 2.75) is 45.1 Å². The fourth-order valence-electron chi connectivity index (χ4n) is 1.64. The summed E-state index contributed by atoms with van der Waals surface area (Å²) in [6.07, 6.45) is 3.36. The maximum absolute atomic E-state index is 11.8. The van der Waals surface area contributed by atoms with Crippen LogP contribution in [0.15, 0.2) is 0 Å². The van der Waals surface area contributed by atoms with Gasteiger partial charge < -0.3 is 10.5 Å². The lowest BCUT2D eigenvalue weighted by atomic mass is 9.85. The van der Waals surface area contributed by atoms with Crippen LogP contribution in [0, 0.1) is 5.92 Å². The van der Waals surface area contributed by atoms with Crippen LogP contribution in [0.3, 0.4) is 0 Å². The van der Waals surface area contributed by atoms with Gasteiger partial charge in [0.25, 0.3) is 0 Å². The molecule has 1 rings (SSSR count). The first-order valence-electron chi connectivity index (χ1n) is 5.46. The summed E-state index contributed by atoms with van der Waals surface area (Å²) in [5.74, 6) is 0.692. The smallest absolute Gasteiger partial charge is 0.152 e. The van der Waals surface area contributed by atoms with E-state index in [0.29, 0.717) is 12.3 Å². The topological polar surface area (TPSA) is 52.3 Å². The van der Waals surface area contributed by atoms with E-state index in [-0.39, 0.29) is 5.78 Å². The average Bonchev–Trinajstić information content (AvgIpc) is 2.19. The highest BCUT2D eigenvalue weighted by molar-refractivity contribution is 5.87. The summed E-state index contributed by atoms with van der Waals surface area (Å²) >= 11 is 0. The number of ether oxygens (including phenoxy) is 1. The van der Waals surface area contributed by atoms with Crippen LogP contribution in [0.1, 0.15) is 39.5 Å². The minimum atomic E-state index is -0.627. The molecular formula is C11H21NO2. The molecule has 0 radical (unpaired) electrons. The van der Waals surface area contributed by atoms with Gasteiger partial charge in [-0.2, -0.15) is 0 Å². The molecule has 3 heteroatoms. The molecular weight excluding hydrogens is 178 g/mol. The van der Waals surface area contributed by atoms with Crippen molar-refractivity contribution in [2.24, 2.45) is 11.7 Å². The van der Waals surface area contributed by atoms with E-state index < -0.39 is 5.54 Å². The number of carbonyl (C=O) groups is 1. The van der Waals surface area contributed by atoms with Crippen molar-refractivity contribution in [3.63, 3.8) is 0 Å². The van der Waals surface area contributed by atoms with Gasteiger partial charge in [-0.15, -0.1) is 0 Å². The highest BCUT2D eigenvalue weighted by Gasteiger charge is 2.28. The zero-order valence-electron chi connectivity index (χ0n) is 9.21. The molecule has 82 valence electrons. The Bertz CT molecular complexity index is 195. The van der Waals surface area contributed by atoms with E-state index >= 15 is 0 Å². The molecule has 0 aromatic carbocycles. The van der Waals surface area contributed by atoms with Crippen molar-refractivity contribution in [1.29, 1.82) is 0 Å². The molecule has 0 aromatic heterocycles. The molecule has 0 aromatic rings. The van der Waals surface area contributed by atoms with Crippen LogP contribution >= 0.6 is 0 Å². The van der Waals surface area contributed by atoms with Crippen molar-refractivity contribution in [3.05, 3.63) is 0 Å². The summed E-state index contributed by atoms with van der Waals surface area (Å²) in [6.45, 7) is 5.38. The summed E-state index contributed by atoms with van der Waals surface area (Å²) in [6, 6.07) is 0. The Hall–Kier alpha value is -0.410. The quantitative estimate of drug-likeness (QED) is 0.746. The Morgan fingerprint density at radius 3 is 2.57 bits per heavy atom. The summed E-state index contributed by atoms with van der Waals surface area (Å²) in [4.78, 5) is 11.8. The number of hydrogen-bond donors (Lipinski definition) is 1. The van der Waals surface area contributed by atoms with E-state index in [1.54, 1.807) is 0 Å². The van der Waals surface area contributed by atoms with Crippen LogP contribution in [0.5, 0.6) is 0 Å². The molecule has 0 spiro atoms. The molecule has 1 aliphatic rings. The lowest BCUT2D eigenvalue weighted by Gasteiger charge is -2.26. The number of Topliss-reactive ketones (excluding diaryl/α,β-unsaturated/α-hetero) is 1. The predicted molar refractivity (Wildman–Crippen MR) is 56.1 cm³/mol. The predicted octanol–water partition coefficient (Wildman–Crippen LogP) is 1.50. The van der Waals surface area contributed by atoms with Gasteiger partial charge in [0.2, 0.25) is 0 Å². The van der Waals surface area contributed by atoms with Gasteiger partial charge in [-0.3, -0.25) is 4.79 Å². The Kier molecular flexibility index (Phi) is 4.08. The maximum Gasteiger partial charge on any atom is 0.152 e. The van der Waals surface area contributed by atoms with Gasteiger partial charge in [0, 0.05) is 19.6 Å². The molecule has 0 saturated carbocycles. The second kappa shape index (κ2) is 4.89. The van der Waals surface area contributed by atoms with Crippen LogP contribution in [0.2, 0.25) is 0 Å². The van der Waals surface area contributed by atoms with Gasteiger partial charge >= 0.3 is 0 Å². The van der Waals surface area contributed by atoms with Gasteiger partial charge in [-0.1, -0.05) is 6.92 Å². The first-order chi connectivity index (χ1) is 6.56. The lowest BCUT2D eigenvalue weighted by Crippen LogP contribution is -2.45. The number of carbonyl (C=O) groups excluding carboxylic acids is 1. The molecule has 0 aliphatic carbocycles. The second-order valence-corrected chi connectivity index (χ2v) is 4.45. The van der Waals surface area contributed by atoms with Crippen molar-refractivity contribution in [3.8, 4) is 0 Å². The molecule has 1 fully saturated rings. The lowest BCUT2D eigenvalue weighted by molar-refractivity contribution is -0.125. The van der Waals surface area contributed by atoms with Crippen molar-refractivity contribution >= 4 is 5.78 Å². The summed E-state index contributed by atoms with van der Waals surface area (Å²) in [5, 5.41) is 0. The summed E-state index contributed by atoms with van der Waals surface area (Å²) in [5.41, 5.74) is 5.27. The second-order valence-electron chi connectivity index (χ2n) is 4.45. The van der Waals surface area contributed by atoms with Crippen LogP contribution in [-0.4, -0.2) is 24.5 Å². The molecule has 14 heavy (non-hydrogen) atoms. The van der Waals surface area contributed by atoms with Gasteiger partial charge in [0.05, 0.1) is 5.54 Å². The normalized spacial score (nSPS) is 23.1. The Morgan fingerprint density at radius 1 is 1.50 bits per heavy atom. The third kappa shape index (κ3) is 3.07. The molecule has 0 amide bonds. The Morgan fingerprint density at radius 2 is 2.07 bits per heavy atom. The van der Waals surface area contributed by atoms with E-state index in [0.717, 1.165) is 32.5 Å². The van der Waals surface area contributed by atoms with Gasteiger partial charge in [-0.05, 0) is 32.1 Å². The first-order valence-corrected chi connectivity index (χ1v) is 5.46. The SMILES string of the molecule is CCC(C)(N)C(=O)CC1CCOCC1. The molecule has 1 unspecified atom stereocenters. The van der Waals surface area contributed by atoms with E-state index in [9.17, 15) is 4.79 Å². The maximum atomic E-state index is 11.8.